The fourth-order valence-corrected chi connectivity index (χ4v) is 4.73. The molecule has 0 radical (unpaired) electrons. The SMILES string of the molecule is CCCCc1cc(-c2nnnn2C(c2ccccc2)(c2ccccc2)c2ccccc2)cc(=O)[nH]1. The summed E-state index contributed by atoms with van der Waals surface area (Å²) in [5.41, 5.74) is 3.61. The first kappa shape index (κ1) is 22.5. The predicted molar refractivity (Wildman–Crippen MR) is 137 cm³/mol. The van der Waals surface area contributed by atoms with Crippen LogP contribution in [0.1, 0.15) is 42.1 Å². The molecule has 0 amide bonds. The van der Waals surface area contributed by atoms with E-state index in [1.165, 1.54) is 0 Å². The first-order chi connectivity index (χ1) is 17.2. The van der Waals surface area contributed by atoms with E-state index in [1.54, 1.807) is 6.07 Å². The molecule has 1 N–H and O–H groups in total. The van der Waals surface area contributed by atoms with Gasteiger partial charge in [0.1, 0.15) is 5.54 Å². The van der Waals surface area contributed by atoms with Gasteiger partial charge in [0.15, 0.2) is 5.82 Å². The van der Waals surface area contributed by atoms with E-state index in [9.17, 15) is 4.79 Å². The van der Waals surface area contributed by atoms with E-state index in [-0.39, 0.29) is 5.56 Å². The van der Waals surface area contributed by atoms with Crippen molar-refractivity contribution in [3.05, 3.63) is 136 Å². The van der Waals surface area contributed by atoms with Gasteiger partial charge in [-0.3, -0.25) is 4.79 Å². The molecule has 6 heteroatoms. The van der Waals surface area contributed by atoms with Gasteiger partial charge in [0.25, 0.3) is 0 Å². The zero-order chi connectivity index (χ0) is 24.1. The molecule has 0 saturated heterocycles. The number of aryl methyl sites for hydroxylation is 1. The van der Waals surface area contributed by atoms with Gasteiger partial charge in [0, 0.05) is 17.3 Å². The van der Waals surface area contributed by atoms with Crippen molar-refractivity contribution < 1.29 is 0 Å². The van der Waals surface area contributed by atoms with Crippen LogP contribution in [0.15, 0.2) is 108 Å². The van der Waals surface area contributed by atoms with E-state index in [4.69, 9.17) is 0 Å². The lowest BCUT2D eigenvalue weighted by Gasteiger charge is -2.36. The molecule has 0 aliphatic rings. The van der Waals surface area contributed by atoms with Crippen molar-refractivity contribution in [1.29, 1.82) is 0 Å². The van der Waals surface area contributed by atoms with Gasteiger partial charge < -0.3 is 4.98 Å². The largest absolute Gasteiger partial charge is 0.326 e. The summed E-state index contributed by atoms with van der Waals surface area (Å²) in [6, 6.07) is 34.3. The van der Waals surface area contributed by atoms with Gasteiger partial charge in [-0.15, -0.1) is 5.10 Å². The van der Waals surface area contributed by atoms with Crippen molar-refractivity contribution >= 4 is 0 Å². The highest BCUT2D eigenvalue weighted by atomic mass is 16.1. The number of tetrazole rings is 1. The summed E-state index contributed by atoms with van der Waals surface area (Å²) >= 11 is 0. The van der Waals surface area contributed by atoms with Gasteiger partial charge in [-0.25, -0.2) is 4.68 Å². The van der Waals surface area contributed by atoms with Crippen LogP contribution >= 0.6 is 0 Å². The van der Waals surface area contributed by atoms with Crippen molar-refractivity contribution in [2.75, 3.05) is 0 Å². The Morgan fingerprint density at radius 2 is 1.34 bits per heavy atom. The maximum atomic E-state index is 12.6. The molecule has 0 aliphatic heterocycles. The molecule has 0 spiro atoms. The molecule has 0 bridgehead atoms. The Balaban J connectivity index is 1.83. The third-order valence-corrected chi connectivity index (χ3v) is 6.32. The van der Waals surface area contributed by atoms with E-state index < -0.39 is 5.54 Å². The van der Waals surface area contributed by atoms with Crippen molar-refractivity contribution in [2.24, 2.45) is 0 Å². The lowest BCUT2D eigenvalue weighted by atomic mass is 9.77. The Bertz CT molecular complexity index is 1350. The number of benzene rings is 3. The van der Waals surface area contributed by atoms with Gasteiger partial charge in [0.2, 0.25) is 5.56 Å². The van der Waals surface area contributed by atoms with Crippen LogP contribution in [0.5, 0.6) is 0 Å². The summed E-state index contributed by atoms with van der Waals surface area (Å²) in [5, 5.41) is 13.1. The molecule has 0 saturated carbocycles. The summed E-state index contributed by atoms with van der Waals surface area (Å²) in [4.78, 5) is 15.6. The first-order valence-corrected chi connectivity index (χ1v) is 11.9. The maximum absolute atomic E-state index is 12.6. The normalized spacial score (nSPS) is 11.5. The Labute approximate surface area is 204 Å². The van der Waals surface area contributed by atoms with Crippen LogP contribution in [0.25, 0.3) is 11.4 Å². The highest BCUT2D eigenvalue weighted by Crippen LogP contribution is 2.41. The van der Waals surface area contributed by atoms with Gasteiger partial charge in [-0.1, -0.05) is 104 Å². The molecular weight excluding hydrogens is 434 g/mol. The molecule has 35 heavy (non-hydrogen) atoms. The Kier molecular flexibility index (Phi) is 6.35. The van der Waals surface area contributed by atoms with Crippen LogP contribution in [0.3, 0.4) is 0 Å². The summed E-state index contributed by atoms with van der Waals surface area (Å²) in [6.45, 7) is 2.14. The second kappa shape index (κ2) is 9.89. The van der Waals surface area contributed by atoms with Crippen molar-refractivity contribution in [3.8, 4) is 11.4 Å². The second-order valence-corrected chi connectivity index (χ2v) is 8.58. The van der Waals surface area contributed by atoms with Crippen LogP contribution in [0.2, 0.25) is 0 Å². The summed E-state index contributed by atoms with van der Waals surface area (Å²) in [7, 11) is 0. The number of nitrogens with one attached hydrogen (secondary N) is 1. The predicted octanol–water partition coefficient (Wildman–Crippen LogP) is 5.21. The highest BCUT2D eigenvalue weighted by Gasteiger charge is 2.41. The number of rotatable bonds is 8. The van der Waals surface area contributed by atoms with E-state index >= 15 is 0 Å². The topological polar surface area (TPSA) is 76.5 Å². The van der Waals surface area contributed by atoms with Crippen molar-refractivity contribution in [1.82, 2.24) is 25.2 Å². The number of hydrogen-bond acceptors (Lipinski definition) is 4. The van der Waals surface area contributed by atoms with Crippen molar-refractivity contribution in [2.45, 2.75) is 31.7 Å². The molecule has 0 atom stereocenters. The molecule has 2 aromatic heterocycles. The molecule has 0 aliphatic carbocycles. The van der Waals surface area contributed by atoms with Crippen LogP contribution in [-0.4, -0.2) is 25.2 Å². The van der Waals surface area contributed by atoms with Crippen molar-refractivity contribution in [3.63, 3.8) is 0 Å². The summed E-state index contributed by atoms with van der Waals surface area (Å²) < 4.78 is 1.85. The summed E-state index contributed by atoms with van der Waals surface area (Å²) in [6.07, 6.45) is 2.83. The molecule has 0 unspecified atom stereocenters. The van der Waals surface area contributed by atoms with Crippen LogP contribution < -0.4 is 5.56 Å². The number of nitrogens with zero attached hydrogens (tertiary/aromatic N) is 4. The number of unbranched alkanes of at least 4 members (excludes halogenated alkanes) is 1. The van der Waals surface area contributed by atoms with Crippen LogP contribution in [0.4, 0.5) is 0 Å². The molecule has 3 aromatic carbocycles. The smallest absolute Gasteiger partial charge is 0.248 e. The minimum atomic E-state index is -0.852. The van der Waals surface area contributed by atoms with E-state index in [1.807, 2.05) is 65.3 Å². The summed E-state index contributed by atoms with van der Waals surface area (Å²) in [5.74, 6) is 0.533. The van der Waals surface area contributed by atoms with E-state index in [0.29, 0.717) is 11.4 Å². The Morgan fingerprint density at radius 3 is 1.86 bits per heavy atom. The second-order valence-electron chi connectivity index (χ2n) is 8.58. The molecule has 6 nitrogen and oxygen atoms in total. The average molecular weight is 462 g/mol. The van der Waals surface area contributed by atoms with Crippen LogP contribution in [-0.2, 0) is 12.0 Å². The third-order valence-electron chi connectivity index (χ3n) is 6.32. The molecular formula is C29H27N5O. The zero-order valence-electron chi connectivity index (χ0n) is 19.6. The maximum Gasteiger partial charge on any atom is 0.248 e. The molecule has 0 fully saturated rings. The lowest BCUT2D eigenvalue weighted by molar-refractivity contribution is 0.451. The Morgan fingerprint density at radius 1 is 0.800 bits per heavy atom. The number of pyridine rings is 1. The molecule has 5 aromatic rings. The number of aromatic nitrogens is 5. The minimum Gasteiger partial charge on any atom is -0.326 e. The van der Waals surface area contributed by atoms with Gasteiger partial charge >= 0.3 is 0 Å². The minimum absolute atomic E-state index is 0.159. The lowest BCUT2D eigenvalue weighted by Crippen LogP contribution is -2.39. The number of aromatic amines is 1. The van der Waals surface area contributed by atoms with Gasteiger partial charge in [-0.2, -0.15) is 0 Å². The molecule has 5 rings (SSSR count). The first-order valence-electron chi connectivity index (χ1n) is 11.9. The van der Waals surface area contributed by atoms with E-state index in [2.05, 4.69) is 63.8 Å². The fourth-order valence-electron chi connectivity index (χ4n) is 4.73. The van der Waals surface area contributed by atoms with E-state index in [0.717, 1.165) is 41.6 Å². The van der Waals surface area contributed by atoms with Gasteiger partial charge in [-0.05, 0) is 46.0 Å². The zero-order valence-corrected chi connectivity index (χ0v) is 19.6. The standard InChI is InChI=1S/C29H27N5O/c1-2-3-19-26-20-22(21-27(35)30-26)28-31-32-33-34(28)29(23-13-7-4-8-14-23,24-15-9-5-10-16-24)25-17-11-6-12-18-25/h4-18,20-21H,2-3,19H2,1H3,(H,30,35). The number of hydrogen-bond donors (Lipinski definition) is 1. The quantitative estimate of drug-likeness (QED) is 0.322. The monoisotopic (exact) mass is 461 g/mol. The molecule has 2 heterocycles. The number of H-pyrrole nitrogens is 1. The Hall–Kier alpha value is -4.32. The third kappa shape index (κ3) is 4.19. The molecule has 174 valence electrons. The van der Waals surface area contributed by atoms with Gasteiger partial charge in [0.05, 0.1) is 0 Å². The highest BCUT2D eigenvalue weighted by molar-refractivity contribution is 5.59. The average Bonchev–Trinajstić information content (AvgIpc) is 3.40. The fraction of sp³-hybridized carbons (Fsp3) is 0.172. The van der Waals surface area contributed by atoms with Crippen LogP contribution in [0, 0.1) is 0 Å².